The zero-order valence-electron chi connectivity index (χ0n) is 24.4. The summed E-state index contributed by atoms with van der Waals surface area (Å²) >= 11 is 0. The second-order valence-electron chi connectivity index (χ2n) is 9.85. The van der Waals surface area contributed by atoms with E-state index in [1.807, 2.05) is 31.2 Å². The van der Waals surface area contributed by atoms with Crippen molar-refractivity contribution in [1.82, 2.24) is 26.2 Å². The number of rotatable bonds is 11. The molecule has 4 rings (SSSR count). The number of carbonyl (C=O) groups excluding carboxylic acids is 1. The van der Waals surface area contributed by atoms with E-state index in [9.17, 15) is 4.79 Å². The highest BCUT2D eigenvalue weighted by molar-refractivity contribution is 6.08. The Kier molecular flexibility index (Phi) is 11.4. The standard InChI is InChI=1S/C33H40N8O/c1-4-27-23-31(37-32(42)30-22-21-29(40-41-30)26-17-13-9-10-14-18-26)38-33(36-27)35-24(2)28(39-34-3)20-19-25-15-11-7-5-6-8-12-16-25/h5-6,9,11-18,20,22-23,25,34,39,41H,2,4,7-8,10,19,21H2,1,3H3,(H2,35,36,37,38,42)/b6-5-,15-11-,16-12?,28-20-. The lowest BCUT2D eigenvalue weighted by atomic mass is 10.0. The Morgan fingerprint density at radius 2 is 1.86 bits per heavy atom. The minimum absolute atomic E-state index is 0.285. The van der Waals surface area contributed by atoms with Crippen molar-refractivity contribution >= 4 is 23.4 Å². The normalized spacial score (nSPS) is 19.9. The van der Waals surface area contributed by atoms with Crippen LogP contribution in [0.1, 0.15) is 44.7 Å². The fraction of sp³-hybridized carbons (Fsp3) is 0.273. The van der Waals surface area contributed by atoms with Gasteiger partial charge in [-0.15, -0.1) is 0 Å². The van der Waals surface area contributed by atoms with Crippen molar-refractivity contribution in [3.63, 3.8) is 0 Å². The van der Waals surface area contributed by atoms with Gasteiger partial charge in [-0.25, -0.2) is 10.4 Å². The first-order chi connectivity index (χ1) is 20.6. The SMILES string of the molecule is C=C(Nc1nc(CC)cc(NC(=O)C2=CCC(C3=CC=CCC=C3)=NN2)n1)/C(=C/CC1C=CC/C=C\C/C=C\1)NNC. The fourth-order valence-corrected chi connectivity index (χ4v) is 4.42. The number of hydrogen-bond acceptors (Lipinski definition) is 8. The lowest BCUT2D eigenvalue weighted by molar-refractivity contribution is -0.113. The summed E-state index contributed by atoms with van der Waals surface area (Å²) in [5.41, 5.74) is 13.5. The van der Waals surface area contributed by atoms with Crippen molar-refractivity contribution in [1.29, 1.82) is 0 Å². The summed E-state index contributed by atoms with van der Waals surface area (Å²) in [4.78, 5) is 22.2. The third-order valence-electron chi connectivity index (χ3n) is 6.67. The van der Waals surface area contributed by atoms with Gasteiger partial charge < -0.3 is 16.1 Å². The van der Waals surface area contributed by atoms with Crippen LogP contribution in [0.2, 0.25) is 0 Å². The first-order valence-corrected chi connectivity index (χ1v) is 14.4. The molecule has 9 heteroatoms. The van der Waals surface area contributed by atoms with Gasteiger partial charge in [0.25, 0.3) is 5.91 Å². The molecule has 0 bridgehead atoms. The summed E-state index contributed by atoms with van der Waals surface area (Å²) in [6, 6.07) is 1.77. The highest BCUT2D eigenvalue weighted by Crippen LogP contribution is 2.19. The van der Waals surface area contributed by atoms with Gasteiger partial charge in [0.05, 0.1) is 17.1 Å². The van der Waals surface area contributed by atoms with E-state index in [-0.39, 0.29) is 11.8 Å². The van der Waals surface area contributed by atoms with Crippen molar-refractivity contribution in [3.05, 3.63) is 120 Å². The van der Waals surface area contributed by atoms with Crippen LogP contribution in [0.3, 0.4) is 0 Å². The molecule has 0 saturated carbocycles. The summed E-state index contributed by atoms with van der Waals surface area (Å²) < 4.78 is 0. The number of aryl methyl sites for hydroxylation is 1. The molecule has 2 heterocycles. The summed E-state index contributed by atoms with van der Waals surface area (Å²) in [5, 5.41) is 10.5. The second kappa shape index (κ2) is 15.9. The molecule has 1 aliphatic heterocycles. The van der Waals surface area contributed by atoms with E-state index < -0.39 is 0 Å². The minimum atomic E-state index is -0.322. The van der Waals surface area contributed by atoms with Crippen LogP contribution in [-0.2, 0) is 11.2 Å². The zero-order chi connectivity index (χ0) is 29.6. The topological polar surface area (TPSA) is 115 Å². The Balaban J connectivity index is 1.41. The minimum Gasteiger partial charge on any atom is -0.323 e. The monoisotopic (exact) mass is 564 g/mol. The molecule has 2 aliphatic carbocycles. The van der Waals surface area contributed by atoms with Crippen molar-refractivity contribution < 1.29 is 4.79 Å². The van der Waals surface area contributed by atoms with E-state index in [2.05, 4.69) is 103 Å². The molecule has 0 spiro atoms. The number of nitrogens with one attached hydrogen (secondary N) is 5. The van der Waals surface area contributed by atoms with Gasteiger partial charge in [-0.1, -0.05) is 86.4 Å². The Morgan fingerprint density at radius 3 is 2.57 bits per heavy atom. The average Bonchev–Trinajstić information content (AvgIpc) is 3.21. The lowest BCUT2D eigenvalue weighted by Crippen LogP contribution is -2.29. The summed E-state index contributed by atoms with van der Waals surface area (Å²) in [5.74, 6) is 0.698. The van der Waals surface area contributed by atoms with E-state index in [1.54, 1.807) is 13.1 Å². The van der Waals surface area contributed by atoms with Gasteiger partial charge in [0, 0.05) is 25.2 Å². The molecule has 1 aromatic rings. The van der Waals surface area contributed by atoms with Crippen molar-refractivity contribution in [2.24, 2.45) is 11.0 Å². The van der Waals surface area contributed by atoms with Gasteiger partial charge in [-0.3, -0.25) is 10.2 Å². The molecule has 42 heavy (non-hydrogen) atoms. The quantitative estimate of drug-likeness (QED) is 0.134. The number of anilines is 2. The maximum absolute atomic E-state index is 13.0. The molecule has 218 valence electrons. The number of hydrazone groups is 1. The third kappa shape index (κ3) is 9.14. The Morgan fingerprint density at radius 1 is 1.07 bits per heavy atom. The predicted molar refractivity (Wildman–Crippen MR) is 172 cm³/mol. The molecule has 5 N–H and O–H groups in total. The predicted octanol–water partition coefficient (Wildman–Crippen LogP) is 5.66. The number of carbonyl (C=O) groups is 1. The van der Waals surface area contributed by atoms with E-state index >= 15 is 0 Å². The zero-order valence-corrected chi connectivity index (χ0v) is 24.4. The van der Waals surface area contributed by atoms with E-state index in [0.717, 1.165) is 48.4 Å². The summed E-state index contributed by atoms with van der Waals surface area (Å²) in [6.45, 7) is 6.21. The molecule has 3 aliphatic rings. The Bertz CT molecular complexity index is 1400. The number of nitrogens with zero attached hydrogens (tertiary/aromatic N) is 3. The van der Waals surface area contributed by atoms with Crippen molar-refractivity contribution in [3.8, 4) is 0 Å². The van der Waals surface area contributed by atoms with Crippen LogP contribution in [0.15, 0.2) is 119 Å². The van der Waals surface area contributed by atoms with Gasteiger partial charge >= 0.3 is 0 Å². The Labute approximate surface area is 248 Å². The molecule has 0 fully saturated rings. The summed E-state index contributed by atoms with van der Waals surface area (Å²) in [6.07, 6.45) is 32.2. The van der Waals surface area contributed by atoms with Crippen LogP contribution >= 0.6 is 0 Å². The largest absolute Gasteiger partial charge is 0.323 e. The molecule has 1 amide bonds. The highest BCUT2D eigenvalue weighted by atomic mass is 16.2. The molecule has 0 radical (unpaired) electrons. The van der Waals surface area contributed by atoms with Gasteiger partial charge in [0.1, 0.15) is 11.5 Å². The van der Waals surface area contributed by atoms with Crippen LogP contribution in [0.4, 0.5) is 11.8 Å². The number of hydrogen-bond donors (Lipinski definition) is 5. The molecule has 0 aromatic carbocycles. The third-order valence-corrected chi connectivity index (χ3v) is 6.67. The van der Waals surface area contributed by atoms with Gasteiger partial charge in [0.2, 0.25) is 5.95 Å². The fourth-order valence-electron chi connectivity index (χ4n) is 4.42. The number of allylic oxidation sites excluding steroid dienone is 14. The van der Waals surface area contributed by atoms with Crippen LogP contribution in [-0.4, -0.2) is 28.6 Å². The summed E-state index contributed by atoms with van der Waals surface area (Å²) in [7, 11) is 1.80. The van der Waals surface area contributed by atoms with Gasteiger partial charge in [-0.2, -0.15) is 10.1 Å². The van der Waals surface area contributed by atoms with Crippen LogP contribution in [0.25, 0.3) is 0 Å². The maximum atomic E-state index is 13.0. The number of aromatic nitrogens is 2. The molecule has 1 aromatic heterocycles. The Hall–Kier alpha value is -4.76. The average molecular weight is 565 g/mol. The molecule has 1 atom stereocenters. The molecular formula is C33H40N8O. The van der Waals surface area contributed by atoms with Crippen LogP contribution in [0, 0.1) is 5.92 Å². The lowest BCUT2D eigenvalue weighted by Gasteiger charge is -2.17. The molecule has 0 saturated heterocycles. The molecule has 1 unspecified atom stereocenters. The maximum Gasteiger partial charge on any atom is 0.274 e. The smallest absolute Gasteiger partial charge is 0.274 e. The van der Waals surface area contributed by atoms with Gasteiger partial charge in [0.15, 0.2) is 0 Å². The van der Waals surface area contributed by atoms with Crippen molar-refractivity contribution in [2.75, 3.05) is 17.7 Å². The van der Waals surface area contributed by atoms with Gasteiger partial charge in [-0.05, 0) is 49.7 Å². The van der Waals surface area contributed by atoms with Crippen molar-refractivity contribution in [2.45, 2.75) is 45.4 Å². The molecule has 9 nitrogen and oxygen atoms in total. The number of hydrazine groups is 1. The first kappa shape index (κ1) is 30.2. The second-order valence-corrected chi connectivity index (χ2v) is 9.85. The van der Waals surface area contributed by atoms with E-state index in [0.29, 0.717) is 36.0 Å². The highest BCUT2D eigenvalue weighted by Gasteiger charge is 2.17. The molecular weight excluding hydrogens is 524 g/mol. The first-order valence-electron chi connectivity index (χ1n) is 14.4. The van der Waals surface area contributed by atoms with Crippen LogP contribution in [0.5, 0.6) is 0 Å². The van der Waals surface area contributed by atoms with E-state index in [1.165, 1.54) is 0 Å². The van der Waals surface area contributed by atoms with E-state index in [4.69, 9.17) is 0 Å². The number of amides is 1. The van der Waals surface area contributed by atoms with Crippen LogP contribution < -0.4 is 26.9 Å².